The number of aromatic nitrogens is 1. The molecule has 1 aromatic heterocycles. The molecule has 0 aliphatic carbocycles. The number of halogens is 1. The highest BCUT2D eigenvalue weighted by Crippen LogP contribution is 2.24. The number of pyridine rings is 1. The molecule has 10 heteroatoms. The van der Waals surface area contributed by atoms with Gasteiger partial charge in [0.05, 0.1) is 24.6 Å². The number of nitrogens with two attached hydrogens (primary N) is 1. The van der Waals surface area contributed by atoms with E-state index in [0.29, 0.717) is 46.0 Å². The fourth-order valence-corrected chi connectivity index (χ4v) is 3.79. The lowest BCUT2D eigenvalue weighted by Crippen LogP contribution is -2.35. The summed E-state index contributed by atoms with van der Waals surface area (Å²) in [5.74, 6) is -0.561. The van der Waals surface area contributed by atoms with E-state index in [-0.39, 0.29) is 24.4 Å². The Labute approximate surface area is 219 Å². The fraction of sp³-hybridized carbons (Fsp3) is 0.259. The molecular weight excluding hydrogens is 494 g/mol. The number of amides is 2. The molecule has 3 rings (SSSR count). The summed E-state index contributed by atoms with van der Waals surface area (Å²) in [5, 5.41) is 12.2. The van der Waals surface area contributed by atoms with Crippen LogP contribution in [0.15, 0.2) is 59.5 Å². The zero-order valence-electron chi connectivity index (χ0n) is 20.6. The Hall–Kier alpha value is -4.29. The predicted octanol–water partition coefficient (Wildman–Crippen LogP) is 2.93. The van der Waals surface area contributed by atoms with Crippen molar-refractivity contribution in [2.24, 2.45) is 5.73 Å². The molecule has 3 aromatic rings. The number of nitrogens with zero attached hydrogens (tertiary/aromatic N) is 2. The van der Waals surface area contributed by atoms with E-state index in [1.165, 1.54) is 4.68 Å². The molecule has 0 radical (unpaired) electrons. The van der Waals surface area contributed by atoms with Crippen molar-refractivity contribution in [3.8, 4) is 11.8 Å². The summed E-state index contributed by atoms with van der Waals surface area (Å²) in [5.41, 5.74) is 11.2. The maximum absolute atomic E-state index is 13.0. The van der Waals surface area contributed by atoms with Gasteiger partial charge in [0.25, 0.3) is 11.5 Å². The van der Waals surface area contributed by atoms with Crippen molar-refractivity contribution < 1.29 is 14.3 Å². The van der Waals surface area contributed by atoms with Crippen LogP contribution in [-0.2, 0) is 29.1 Å². The number of primary amides is 1. The highest BCUT2D eigenvalue weighted by Gasteiger charge is 2.18. The van der Waals surface area contributed by atoms with Gasteiger partial charge in [0.15, 0.2) is 6.10 Å². The van der Waals surface area contributed by atoms with Crippen molar-refractivity contribution in [2.75, 3.05) is 5.43 Å². The molecule has 0 aliphatic rings. The Morgan fingerprint density at radius 1 is 1.16 bits per heavy atom. The van der Waals surface area contributed by atoms with Crippen LogP contribution in [0.25, 0.3) is 0 Å². The van der Waals surface area contributed by atoms with Gasteiger partial charge in [-0.15, -0.1) is 0 Å². The first-order chi connectivity index (χ1) is 17.7. The minimum atomic E-state index is -0.808. The van der Waals surface area contributed by atoms with Crippen LogP contribution >= 0.6 is 11.6 Å². The van der Waals surface area contributed by atoms with Gasteiger partial charge in [-0.3, -0.25) is 14.4 Å². The molecular formula is C27H28ClN5O4. The van der Waals surface area contributed by atoms with Gasteiger partial charge in [-0.1, -0.05) is 30.7 Å². The predicted molar refractivity (Wildman–Crippen MR) is 141 cm³/mol. The number of carbonyl (C=O) groups excluding carboxylic acids is 2. The van der Waals surface area contributed by atoms with Gasteiger partial charge in [0.1, 0.15) is 5.75 Å². The van der Waals surface area contributed by atoms with Crippen LogP contribution in [0, 0.1) is 18.3 Å². The number of rotatable bonds is 11. The quantitative estimate of drug-likeness (QED) is 0.354. The van der Waals surface area contributed by atoms with Crippen LogP contribution in [0.5, 0.6) is 5.75 Å². The number of nitriles is 1. The molecule has 1 unspecified atom stereocenters. The van der Waals surface area contributed by atoms with Gasteiger partial charge < -0.3 is 21.2 Å². The molecule has 0 fully saturated rings. The number of ether oxygens (including phenoxy) is 1. The zero-order valence-corrected chi connectivity index (χ0v) is 21.3. The maximum atomic E-state index is 13.0. The molecule has 0 bridgehead atoms. The Kier molecular flexibility index (Phi) is 9.30. The molecule has 1 atom stereocenters. The topological polar surface area (TPSA) is 139 Å². The van der Waals surface area contributed by atoms with E-state index in [0.717, 1.165) is 5.56 Å². The summed E-state index contributed by atoms with van der Waals surface area (Å²) in [4.78, 5) is 37.4. The lowest BCUT2D eigenvalue weighted by Gasteiger charge is -2.18. The normalized spacial score (nSPS) is 11.3. The third-order valence-corrected chi connectivity index (χ3v) is 5.99. The molecule has 9 nitrogen and oxygen atoms in total. The summed E-state index contributed by atoms with van der Waals surface area (Å²) in [6.07, 6.45) is 1.07. The molecule has 1 heterocycles. The van der Waals surface area contributed by atoms with E-state index < -0.39 is 12.0 Å². The van der Waals surface area contributed by atoms with Gasteiger partial charge in [0, 0.05) is 28.9 Å². The van der Waals surface area contributed by atoms with Gasteiger partial charge in [-0.05, 0) is 60.9 Å². The van der Waals surface area contributed by atoms with E-state index >= 15 is 0 Å². The van der Waals surface area contributed by atoms with Crippen LogP contribution in [-0.4, -0.2) is 22.6 Å². The largest absolute Gasteiger partial charge is 0.480 e. The SMILES string of the molecule is CCC(Oc1ccc(Cl)cc1CNC(=O)Cc1c(C)ccn(NCc2ccc(C#N)cc2)c1=O)C(N)=O. The lowest BCUT2D eigenvalue weighted by atomic mass is 10.1. The molecule has 0 saturated carbocycles. The second kappa shape index (κ2) is 12.6. The molecule has 4 N–H and O–H groups in total. The highest BCUT2D eigenvalue weighted by atomic mass is 35.5. The number of nitrogens with one attached hydrogen (secondary N) is 2. The van der Waals surface area contributed by atoms with Crippen LogP contribution in [0.1, 0.15) is 41.2 Å². The summed E-state index contributed by atoms with van der Waals surface area (Å²) in [6, 6.07) is 15.7. The summed E-state index contributed by atoms with van der Waals surface area (Å²) in [7, 11) is 0. The molecule has 37 heavy (non-hydrogen) atoms. The van der Waals surface area contributed by atoms with E-state index in [1.54, 1.807) is 68.6 Å². The van der Waals surface area contributed by atoms with Crippen molar-refractivity contribution in [1.82, 2.24) is 9.99 Å². The first kappa shape index (κ1) is 27.3. The fourth-order valence-electron chi connectivity index (χ4n) is 3.60. The highest BCUT2D eigenvalue weighted by molar-refractivity contribution is 6.30. The summed E-state index contributed by atoms with van der Waals surface area (Å²) in [6.45, 7) is 4.00. The van der Waals surface area contributed by atoms with Crippen molar-refractivity contribution in [3.63, 3.8) is 0 Å². The van der Waals surface area contributed by atoms with E-state index in [9.17, 15) is 14.4 Å². The van der Waals surface area contributed by atoms with E-state index in [4.69, 9.17) is 27.3 Å². The van der Waals surface area contributed by atoms with E-state index in [1.807, 2.05) is 0 Å². The number of hydrogen-bond acceptors (Lipinski definition) is 6. The lowest BCUT2D eigenvalue weighted by molar-refractivity contribution is -0.125. The Morgan fingerprint density at radius 2 is 1.89 bits per heavy atom. The molecule has 2 aromatic carbocycles. The maximum Gasteiger partial charge on any atom is 0.272 e. The van der Waals surface area contributed by atoms with Crippen LogP contribution in [0.4, 0.5) is 0 Å². The average Bonchev–Trinajstić information content (AvgIpc) is 2.89. The van der Waals surface area contributed by atoms with Gasteiger partial charge in [0.2, 0.25) is 5.91 Å². The third-order valence-electron chi connectivity index (χ3n) is 5.76. The second-order valence-electron chi connectivity index (χ2n) is 8.42. The summed E-state index contributed by atoms with van der Waals surface area (Å²) >= 11 is 6.12. The summed E-state index contributed by atoms with van der Waals surface area (Å²) < 4.78 is 7.07. The molecule has 0 aliphatic heterocycles. The second-order valence-corrected chi connectivity index (χ2v) is 8.86. The van der Waals surface area contributed by atoms with Gasteiger partial charge in [-0.25, -0.2) is 4.68 Å². The monoisotopic (exact) mass is 521 g/mol. The Bertz CT molecular complexity index is 1380. The van der Waals surface area contributed by atoms with Crippen LogP contribution < -0.4 is 26.8 Å². The minimum absolute atomic E-state index is 0.0843. The van der Waals surface area contributed by atoms with Crippen LogP contribution in [0.2, 0.25) is 5.02 Å². The molecule has 0 saturated heterocycles. The molecule has 2 amide bonds. The van der Waals surface area contributed by atoms with Crippen molar-refractivity contribution in [2.45, 2.75) is 45.9 Å². The standard InChI is InChI=1S/C27H28ClN5O4/c1-3-23(26(30)35)37-24-9-8-21(28)12-20(24)16-31-25(34)13-22-17(2)10-11-33(27(22)36)32-15-19-6-4-18(14-29)5-7-19/h4-12,23,32H,3,13,15-16H2,1-2H3,(H2,30,35)(H,31,34). The van der Waals surface area contributed by atoms with Crippen molar-refractivity contribution >= 4 is 23.4 Å². The van der Waals surface area contributed by atoms with Gasteiger partial charge >= 0.3 is 0 Å². The number of hydrogen-bond donors (Lipinski definition) is 3. The molecule has 0 spiro atoms. The van der Waals surface area contributed by atoms with Gasteiger partial charge in [-0.2, -0.15) is 5.26 Å². The van der Waals surface area contributed by atoms with Crippen molar-refractivity contribution in [3.05, 3.63) is 97.9 Å². The van der Waals surface area contributed by atoms with Crippen molar-refractivity contribution in [1.29, 1.82) is 5.26 Å². The number of aryl methyl sites for hydroxylation is 1. The number of benzene rings is 2. The molecule has 192 valence electrons. The Morgan fingerprint density at radius 3 is 2.54 bits per heavy atom. The van der Waals surface area contributed by atoms with Crippen LogP contribution in [0.3, 0.4) is 0 Å². The first-order valence-electron chi connectivity index (χ1n) is 11.7. The smallest absolute Gasteiger partial charge is 0.272 e. The minimum Gasteiger partial charge on any atom is -0.480 e. The average molecular weight is 522 g/mol. The third kappa shape index (κ3) is 7.35. The van der Waals surface area contributed by atoms with E-state index in [2.05, 4.69) is 16.8 Å². The Balaban J connectivity index is 1.68. The first-order valence-corrected chi connectivity index (χ1v) is 12.0. The zero-order chi connectivity index (χ0) is 26.9. The number of carbonyl (C=O) groups is 2.